The van der Waals surface area contributed by atoms with E-state index in [1.54, 1.807) is 7.11 Å². The van der Waals surface area contributed by atoms with Crippen molar-refractivity contribution in [2.75, 3.05) is 20.3 Å². The van der Waals surface area contributed by atoms with Gasteiger partial charge in [-0.15, -0.1) is 0 Å². The molecule has 0 aliphatic rings. The minimum Gasteiger partial charge on any atom is -0.378 e. The zero-order valence-electron chi connectivity index (χ0n) is 11.6. The topological polar surface area (TPSA) is 44.5 Å². The quantitative estimate of drug-likeness (QED) is 0.663. The molecule has 0 radical (unpaired) electrons. The van der Waals surface area contributed by atoms with E-state index >= 15 is 0 Å². The van der Waals surface area contributed by atoms with Crippen LogP contribution in [0, 0.1) is 0 Å². The maximum Gasteiger partial charge on any atom is 0.0670 e. The minimum atomic E-state index is -0.0723. The Morgan fingerprint density at radius 1 is 1.00 bits per heavy atom. The van der Waals surface area contributed by atoms with E-state index < -0.39 is 0 Å². The third kappa shape index (κ3) is 5.28. The standard InChI is InChI=1S/C13H29NO2/c1-6-12(3,15-5)9-11-16-13(4,7-2)8-10-14/h6-11,14H2,1-5H3/t12?,13-/m0/s1. The first kappa shape index (κ1) is 15.9. The molecular weight excluding hydrogens is 202 g/mol. The van der Waals surface area contributed by atoms with Crippen molar-refractivity contribution in [3.05, 3.63) is 0 Å². The molecule has 0 saturated carbocycles. The van der Waals surface area contributed by atoms with Crippen molar-refractivity contribution in [2.24, 2.45) is 5.73 Å². The first-order chi connectivity index (χ1) is 7.45. The van der Waals surface area contributed by atoms with Crippen molar-refractivity contribution in [1.82, 2.24) is 0 Å². The van der Waals surface area contributed by atoms with E-state index in [1.165, 1.54) is 0 Å². The SMILES string of the molecule is CCC(C)(CCO[C@@](C)(CC)CCN)OC. The highest BCUT2D eigenvalue weighted by atomic mass is 16.5. The zero-order valence-corrected chi connectivity index (χ0v) is 11.6. The van der Waals surface area contributed by atoms with E-state index in [4.69, 9.17) is 15.2 Å². The fourth-order valence-electron chi connectivity index (χ4n) is 1.59. The number of methoxy groups -OCH3 is 1. The van der Waals surface area contributed by atoms with Gasteiger partial charge >= 0.3 is 0 Å². The predicted octanol–water partition coefficient (Wildman–Crippen LogP) is 2.73. The van der Waals surface area contributed by atoms with E-state index in [-0.39, 0.29) is 11.2 Å². The van der Waals surface area contributed by atoms with Crippen LogP contribution in [0.4, 0.5) is 0 Å². The molecule has 0 fully saturated rings. The second-order valence-electron chi connectivity index (χ2n) is 4.95. The van der Waals surface area contributed by atoms with Gasteiger partial charge in [0.05, 0.1) is 17.8 Å². The molecule has 0 amide bonds. The van der Waals surface area contributed by atoms with Crippen molar-refractivity contribution >= 4 is 0 Å². The maximum absolute atomic E-state index is 5.96. The van der Waals surface area contributed by atoms with Crippen LogP contribution in [0.2, 0.25) is 0 Å². The highest BCUT2D eigenvalue weighted by Gasteiger charge is 2.25. The molecule has 0 aromatic carbocycles. The molecule has 0 aliphatic heterocycles. The summed E-state index contributed by atoms with van der Waals surface area (Å²) in [5.74, 6) is 0. The van der Waals surface area contributed by atoms with Gasteiger partial charge in [-0.1, -0.05) is 13.8 Å². The molecule has 0 rings (SSSR count). The van der Waals surface area contributed by atoms with Gasteiger partial charge in [0.2, 0.25) is 0 Å². The van der Waals surface area contributed by atoms with Crippen LogP contribution in [0.3, 0.4) is 0 Å². The lowest BCUT2D eigenvalue weighted by molar-refractivity contribution is -0.0767. The maximum atomic E-state index is 5.96. The number of nitrogens with two attached hydrogens (primary N) is 1. The van der Waals surface area contributed by atoms with Gasteiger partial charge in [-0.2, -0.15) is 0 Å². The van der Waals surface area contributed by atoms with Crippen LogP contribution in [0.5, 0.6) is 0 Å². The Labute approximate surface area is 101 Å². The molecular formula is C13H29NO2. The molecule has 16 heavy (non-hydrogen) atoms. The van der Waals surface area contributed by atoms with Crippen LogP contribution >= 0.6 is 0 Å². The molecule has 0 aromatic rings. The third-order valence-electron chi connectivity index (χ3n) is 3.74. The van der Waals surface area contributed by atoms with Crippen molar-refractivity contribution in [3.63, 3.8) is 0 Å². The van der Waals surface area contributed by atoms with Gasteiger partial charge in [-0.25, -0.2) is 0 Å². The van der Waals surface area contributed by atoms with Crippen LogP contribution < -0.4 is 5.73 Å². The summed E-state index contributed by atoms with van der Waals surface area (Å²) in [4.78, 5) is 0. The van der Waals surface area contributed by atoms with Crippen LogP contribution in [-0.4, -0.2) is 31.5 Å². The van der Waals surface area contributed by atoms with Gasteiger partial charge in [-0.3, -0.25) is 0 Å². The summed E-state index contributed by atoms with van der Waals surface area (Å²) in [6.07, 6.45) is 3.85. The Bertz CT molecular complexity index is 181. The van der Waals surface area contributed by atoms with Gasteiger partial charge in [0, 0.05) is 7.11 Å². The van der Waals surface area contributed by atoms with Crippen molar-refractivity contribution in [2.45, 2.75) is 64.6 Å². The molecule has 2 atom stereocenters. The van der Waals surface area contributed by atoms with Gasteiger partial charge in [-0.05, 0) is 46.1 Å². The van der Waals surface area contributed by atoms with Crippen molar-refractivity contribution in [1.29, 1.82) is 0 Å². The van der Waals surface area contributed by atoms with Gasteiger partial charge < -0.3 is 15.2 Å². The molecule has 0 heterocycles. The lowest BCUT2D eigenvalue weighted by Crippen LogP contribution is -2.34. The summed E-state index contributed by atoms with van der Waals surface area (Å²) >= 11 is 0. The average molecular weight is 231 g/mol. The van der Waals surface area contributed by atoms with Gasteiger partial charge in [0.1, 0.15) is 0 Å². The molecule has 3 nitrogen and oxygen atoms in total. The smallest absolute Gasteiger partial charge is 0.0670 e. The Kier molecular flexibility index (Phi) is 7.20. The molecule has 0 aromatic heterocycles. The molecule has 3 heteroatoms. The Morgan fingerprint density at radius 2 is 1.56 bits per heavy atom. The lowest BCUT2D eigenvalue weighted by Gasteiger charge is -2.32. The van der Waals surface area contributed by atoms with Crippen LogP contribution in [0.1, 0.15) is 53.4 Å². The molecule has 2 N–H and O–H groups in total. The summed E-state index contributed by atoms with van der Waals surface area (Å²) in [7, 11) is 1.77. The number of ether oxygens (including phenoxy) is 2. The van der Waals surface area contributed by atoms with Crippen molar-refractivity contribution in [3.8, 4) is 0 Å². The summed E-state index contributed by atoms with van der Waals surface area (Å²) in [5, 5.41) is 0. The van der Waals surface area contributed by atoms with E-state index in [0.29, 0.717) is 6.54 Å². The fourth-order valence-corrected chi connectivity index (χ4v) is 1.59. The van der Waals surface area contributed by atoms with Crippen molar-refractivity contribution < 1.29 is 9.47 Å². The predicted molar refractivity (Wildman–Crippen MR) is 68.6 cm³/mol. The summed E-state index contributed by atoms with van der Waals surface area (Å²) in [6.45, 7) is 9.97. The zero-order chi connectivity index (χ0) is 12.7. The largest absolute Gasteiger partial charge is 0.378 e. The number of hydrogen-bond acceptors (Lipinski definition) is 3. The molecule has 0 saturated heterocycles. The Morgan fingerprint density at radius 3 is 1.94 bits per heavy atom. The minimum absolute atomic E-state index is 0.0582. The fraction of sp³-hybridized carbons (Fsp3) is 1.00. The van der Waals surface area contributed by atoms with Crippen LogP contribution in [0.15, 0.2) is 0 Å². The third-order valence-corrected chi connectivity index (χ3v) is 3.74. The average Bonchev–Trinajstić information content (AvgIpc) is 2.29. The van der Waals surface area contributed by atoms with Crippen LogP contribution in [0.25, 0.3) is 0 Å². The summed E-state index contributed by atoms with van der Waals surface area (Å²) in [6, 6.07) is 0. The molecule has 0 spiro atoms. The van der Waals surface area contributed by atoms with Crippen LogP contribution in [-0.2, 0) is 9.47 Å². The monoisotopic (exact) mass is 231 g/mol. The first-order valence-corrected chi connectivity index (χ1v) is 6.34. The van der Waals surface area contributed by atoms with Gasteiger partial charge in [0.25, 0.3) is 0 Å². The van der Waals surface area contributed by atoms with E-state index in [0.717, 1.165) is 32.3 Å². The first-order valence-electron chi connectivity index (χ1n) is 6.34. The van der Waals surface area contributed by atoms with E-state index in [9.17, 15) is 0 Å². The van der Waals surface area contributed by atoms with Gasteiger partial charge in [0.15, 0.2) is 0 Å². The number of rotatable bonds is 9. The summed E-state index contributed by atoms with van der Waals surface area (Å²) in [5.41, 5.74) is 5.46. The normalized spacial score (nSPS) is 19.1. The van der Waals surface area contributed by atoms with E-state index in [2.05, 4.69) is 27.7 Å². The number of hydrogen-bond donors (Lipinski definition) is 1. The second kappa shape index (κ2) is 7.25. The molecule has 0 aliphatic carbocycles. The Balaban J connectivity index is 4.03. The second-order valence-corrected chi connectivity index (χ2v) is 4.95. The highest BCUT2D eigenvalue weighted by molar-refractivity contribution is 4.76. The molecule has 1 unspecified atom stereocenters. The van der Waals surface area contributed by atoms with E-state index in [1.807, 2.05) is 0 Å². The highest BCUT2D eigenvalue weighted by Crippen LogP contribution is 2.23. The summed E-state index contributed by atoms with van der Waals surface area (Å²) < 4.78 is 11.4. The Hall–Kier alpha value is -0.120. The molecule has 0 bridgehead atoms. The lowest BCUT2D eigenvalue weighted by atomic mass is 9.97. The molecule has 98 valence electrons.